The number of hydrogen-bond acceptors (Lipinski definition) is 2. The number of carbonyl (C=O) groups is 1. The summed E-state index contributed by atoms with van der Waals surface area (Å²) in [7, 11) is 0. The Kier molecular flexibility index (Phi) is 4.93. The Balaban J connectivity index is 1.99. The van der Waals surface area contributed by atoms with E-state index in [0.29, 0.717) is 5.92 Å². The number of aromatic nitrogens is 2. The Morgan fingerprint density at radius 2 is 1.95 bits per heavy atom. The Morgan fingerprint density at radius 3 is 2.62 bits per heavy atom. The average Bonchev–Trinajstić information content (AvgIpc) is 2.95. The van der Waals surface area contributed by atoms with Crippen LogP contribution < -0.4 is 5.32 Å². The van der Waals surface area contributed by atoms with Crippen molar-refractivity contribution in [2.45, 2.75) is 26.8 Å². The molecule has 0 spiro atoms. The lowest BCUT2D eigenvalue weighted by molar-refractivity contribution is -0.117. The molecule has 1 unspecified atom stereocenters. The molecule has 0 fully saturated rings. The van der Waals surface area contributed by atoms with Crippen LogP contribution in [0.25, 0.3) is 11.8 Å². The van der Waals surface area contributed by atoms with Gasteiger partial charge in [-0.15, -0.1) is 0 Å². The fourth-order valence-electron chi connectivity index (χ4n) is 1.76. The van der Waals surface area contributed by atoms with Crippen molar-refractivity contribution in [1.82, 2.24) is 15.1 Å². The Bertz CT molecular complexity index is 614. The number of para-hydroxylation sites is 1. The first kappa shape index (κ1) is 15.0. The van der Waals surface area contributed by atoms with Crippen LogP contribution in [0.2, 0.25) is 0 Å². The number of hydrogen-bond donors (Lipinski definition) is 1. The summed E-state index contributed by atoms with van der Waals surface area (Å²) in [6.45, 7) is 6.17. The third-order valence-electron chi connectivity index (χ3n) is 3.42. The molecule has 1 heterocycles. The third kappa shape index (κ3) is 4.31. The van der Waals surface area contributed by atoms with E-state index in [1.165, 1.54) is 0 Å². The monoisotopic (exact) mass is 283 g/mol. The maximum absolute atomic E-state index is 11.8. The maximum Gasteiger partial charge on any atom is 0.244 e. The van der Waals surface area contributed by atoms with Gasteiger partial charge in [0, 0.05) is 23.9 Å². The molecule has 21 heavy (non-hydrogen) atoms. The minimum absolute atomic E-state index is 0.0799. The van der Waals surface area contributed by atoms with Crippen molar-refractivity contribution >= 4 is 12.0 Å². The highest BCUT2D eigenvalue weighted by Gasteiger charge is 2.08. The molecule has 1 amide bonds. The van der Waals surface area contributed by atoms with Crippen molar-refractivity contribution in [3.05, 3.63) is 54.4 Å². The van der Waals surface area contributed by atoms with Gasteiger partial charge in [0.05, 0.1) is 11.9 Å². The second-order valence-corrected chi connectivity index (χ2v) is 5.43. The molecule has 4 heteroatoms. The van der Waals surface area contributed by atoms with E-state index in [1.54, 1.807) is 23.0 Å². The van der Waals surface area contributed by atoms with Gasteiger partial charge in [0.15, 0.2) is 0 Å². The van der Waals surface area contributed by atoms with Crippen molar-refractivity contribution in [1.29, 1.82) is 0 Å². The molecule has 1 aromatic carbocycles. The highest BCUT2D eigenvalue weighted by atomic mass is 16.1. The van der Waals surface area contributed by atoms with E-state index in [0.717, 1.165) is 11.3 Å². The molecule has 0 saturated carbocycles. The number of amides is 1. The van der Waals surface area contributed by atoms with Gasteiger partial charge < -0.3 is 5.32 Å². The molecule has 4 nitrogen and oxygen atoms in total. The normalized spacial score (nSPS) is 12.8. The quantitative estimate of drug-likeness (QED) is 0.857. The first-order chi connectivity index (χ1) is 10.1. The Hall–Kier alpha value is -2.36. The molecule has 2 aromatic rings. The molecule has 110 valence electrons. The Labute approximate surface area is 125 Å². The second kappa shape index (κ2) is 6.88. The summed E-state index contributed by atoms with van der Waals surface area (Å²) in [5.74, 6) is 0.340. The second-order valence-electron chi connectivity index (χ2n) is 5.43. The summed E-state index contributed by atoms with van der Waals surface area (Å²) in [6.07, 6.45) is 6.95. The van der Waals surface area contributed by atoms with Crippen molar-refractivity contribution in [3.63, 3.8) is 0 Å². The van der Waals surface area contributed by atoms with Crippen LogP contribution in [-0.4, -0.2) is 21.7 Å². The zero-order chi connectivity index (χ0) is 15.2. The molecule has 0 bridgehead atoms. The highest BCUT2D eigenvalue weighted by Crippen LogP contribution is 2.08. The lowest BCUT2D eigenvalue weighted by atomic mass is 10.1. The zero-order valence-electron chi connectivity index (χ0n) is 12.7. The number of nitrogens with one attached hydrogen (secondary N) is 1. The molecule has 0 saturated heterocycles. The number of benzene rings is 1. The summed E-state index contributed by atoms with van der Waals surface area (Å²) in [6, 6.07) is 10.0. The highest BCUT2D eigenvalue weighted by molar-refractivity contribution is 5.91. The summed E-state index contributed by atoms with van der Waals surface area (Å²) < 4.78 is 1.79. The minimum atomic E-state index is -0.0799. The van der Waals surface area contributed by atoms with Crippen LogP contribution in [0.4, 0.5) is 0 Å². The van der Waals surface area contributed by atoms with E-state index >= 15 is 0 Å². The molecule has 1 aromatic heterocycles. The van der Waals surface area contributed by atoms with Gasteiger partial charge in [-0.1, -0.05) is 32.0 Å². The lowest BCUT2D eigenvalue weighted by Crippen LogP contribution is -2.34. The van der Waals surface area contributed by atoms with Crippen LogP contribution in [0, 0.1) is 5.92 Å². The fourth-order valence-corrected chi connectivity index (χ4v) is 1.76. The number of nitrogens with zero attached hydrogens (tertiary/aromatic N) is 2. The van der Waals surface area contributed by atoms with Gasteiger partial charge in [0.25, 0.3) is 0 Å². The predicted molar refractivity (Wildman–Crippen MR) is 85.0 cm³/mol. The number of rotatable bonds is 5. The summed E-state index contributed by atoms with van der Waals surface area (Å²) in [4.78, 5) is 11.8. The summed E-state index contributed by atoms with van der Waals surface area (Å²) in [5.41, 5.74) is 1.89. The van der Waals surface area contributed by atoms with E-state index < -0.39 is 0 Å². The Morgan fingerprint density at radius 1 is 1.24 bits per heavy atom. The average molecular weight is 283 g/mol. The van der Waals surface area contributed by atoms with Crippen molar-refractivity contribution < 1.29 is 4.79 Å². The van der Waals surface area contributed by atoms with Crippen LogP contribution in [0.15, 0.2) is 48.8 Å². The van der Waals surface area contributed by atoms with Crippen LogP contribution >= 0.6 is 0 Å². The minimum Gasteiger partial charge on any atom is -0.350 e. The summed E-state index contributed by atoms with van der Waals surface area (Å²) in [5, 5.41) is 7.22. The third-order valence-corrected chi connectivity index (χ3v) is 3.42. The van der Waals surface area contributed by atoms with E-state index in [9.17, 15) is 4.79 Å². The van der Waals surface area contributed by atoms with Crippen molar-refractivity contribution in [2.24, 2.45) is 5.92 Å². The SMILES string of the molecule is CC(C)C(C)NC(=O)/C=C/c1cnn(-c2ccccc2)c1. The van der Waals surface area contributed by atoms with Crippen LogP contribution in [0.3, 0.4) is 0 Å². The lowest BCUT2D eigenvalue weighted by Gasteiger charge is -2.15. The molecule has 0 radical (unpaired) electrons. The van der Waals surface area contributed by atoms with E-state index in [1.807, 2.05) is 43.5 Å². The van der Waals surface area contributed by atoms with Crippen molar-refractivity contribution in [3.8, 4) is 5.69 Å². The van der Waals surface area contributed by atoms with Gasteiger partial charge in [-0.2, -0.15) is 5.10 Å². The standard InChI is InChI=1S/C17H21N3O/c1-13(2)14(3)19-17(21)10-9-15-11-18-20(12-15)16-7-5-4-6-8-16/h4-14H,1-3H3,(H,19,21)/b10-9+. The van der Waals surface area contributed by atoms with Crippen LogP contribution in [0.5, 0.6) is 0 Å². The molecule has 1 N–H and O–H groups in total. The summed E-state index contributed by atoms with van der Waals surface area (Å²) >= 11 is 0. The van der Waals surface area contributed by atoms with E-state index in [4.69, 9.17) is 0 Å². The first-order valence-corrected chi connectivity index (χ1v) is 7.15. The largest absolute Gasteiger partial charge is 0.350 e. The maximum atomic E-state index is 11.8. The van der Waals surface area contributed by atoms with Gasteiger partial charge in [-0.05, 0) is 31.1 Å². The molecule has 0 aliphatic carbocycles. The molecule has 2 rings (SSSR count). The molecule has 0 aliphatic rings. The van der Waals surface area contributed by atoms with Crippen LogP contribution in [-0.2, 0) is 4.79 Å². The van der Waals surface area contributed by atoms with Gasteiger partial charge >= 0.3 is 0 Å². The van der Waals surface area contributed by atoms with Crippen LogP contribution in [0.1, 0.15) is 26.3 Å². The zero-order valence-corrected chi connectivity index (χ0v) is 12.7. The fraction of sp³-hybridized carbons (Fsp3) is 0.294. The van der Waals surface area contributed by atoms with Gasteiger partial charge in [0.2, 0.25) is 5.91 Å². The molecular weight excluding hydrogens is 262 g/mol. The van der Waals surface area contributed by atoms with Gasteiger partial charge in [-0.25, -0.2) is 4.68 Å². The number of carbonyl (C=O) groups excluding carboxylic acids is 1. The first-order valence-electron chi connectivity index (χ1n) is 7.15. The van der Waals surface area contributed by atoms with Crippen molar-refractivity contribution in [2.75, 3.05) is 0 Å². The van der Waals surface area contributed by atoms with E-state index in [-0.39, 0.29) is 11.9 Å². The smallest absolute Gasteiger partial charge is 0.244 e. The van der Waals surface area contributed by atoms with E-state index in [2.05, 4.69) is 24.3 Å². The predicted octanol–water partition coefficient (Wildman–Crippen LogP) is 3.05. The van der Waals surface area contributed by atoms with Gasteiger partial charge in [0.1, 0.15) is 0 Å². The molecular formula is C17H21N3O. The topological polar surface area (TPSA) is 46.9 Å². The molecule has 0 aliphatic heterocycles. The van der Waals surface area contributed by atoms with Gasteiger partial charge in [-0.3, -0.25) is 4.79 Å². The molecule has 1 atom stereocenters.